The maximum atomic E-state index is 11.4. The molecule has 0 aliphatic rings. The number of aryl methyl sites for hydroxylation is 1. The summed E-state index contributed by atoms with van der Waals surface area (Å²) >= 11 is 1.28. The second kappa shape index (κ2) is 7.04. The first-order valence-corrected chi connectivity index (χ1v) is 6.55. The Kier molecular flexibility index (Phi) is 5.69. The van der Waals surface area contributed by atoms with Crippen LogP contribution in [0.4, 0.5) is 0 Å². The predicted molar refractivity (Wildman–Crippen MR) is 72.6 cm³/mol. The lowest BCUT2D eigenvalue weighted by Crippen LogP contribution is -2.30. The minimum atomic E-state index is -1.31. The Hall–Kier alpha value is -1.90. The van der Waals surface area contributed by atoms with Gasteiger partial charge in [0.15, 0.2) is 0 Å². The maximum absolute atomic E-state index is 11.4. The maximum Gasteiger partial charge on any atom is 0.378 e. The lowest BCUT2D eigenvalue weighted by Gasteiger charge is -2.16. The van der Waals surface area contributed by atoms with Gasteiger partial charge in [0.2, 0.25) is 11.8 Å². The van der Waals surface area contributed by atoms with Gasteiger partial charge in [0.25, 0.3) is 0 Å². The van der Waals surface area contributed by atoms with Crippen molar-refractivity contribution in [2.24, 2.45) is 11.1 Å². The molecule has 106 valence electrons. The number of carbonyl (C=O) groups excluding carboxylic acids is 1. The molecule has 1 N–H and O–H groups in total. The second-order valence-electron chi connectivity index (χ2n) is 4.20. The Morgan fingerprint density at radius 3 is 2.55 bits per heavy atom. The molecular weight excluding hydrogens is 283 g/mol. The van der Waals surface area contributed by atoms with Crippen LogP contribution in [0, 0.1) is 12.8 Å². The minimum absolute atomic E-state index is 0.170. The van der Waals surface area contributed by atoms with E-state index in [1.54, 1.807) is 20.8 Å². The molecule has 2 radical (unpaired) electrons. The van der Waals surface area contributed by atoms with Gasteiger partial charge >= 0.3 is 20.0 Å². The minimum Gasteiger partial charge on any atom is -0.541 e. The van der Waals surface area contributed by atoms with Gasteiger partial charge in [-0.15, -0.1) is 11.3 Å². The summed E-state index contributed by atoms with van der Waals surface area (Å²) in [7, 11) is 4.79. The predicted octanol–water partition coefficient (Wildman–Crippen LogP) is 0.908. The molecule has 9 heteroatoms. The Morgan fingerprint density at radius 2 is 2.15 bits per heavy atom. The standard InChI is InChI=1S/C11H13BN2O5S/c1-5(2)9(11(17)18-12)19-14-8(10(15)16)7-4-20-6(3)13-7/h4-5,9H,1-3H3,(H,15,16)/b14-8-/t9-/m0/s1. The average Bonchev–Trinajstić information content (AvgIpc) is 2.79. The number of carbonyl (C=O) groups is 2. The van der Waals surface area contributed by atoms with Crippen LogP contribution in [0.5, 0.6) is 0 Å². The molecule has 1 aromatic heterocycles. The lowest BCUT2D eigenvalue weighted by atomic mass is 10.1. The normalized spacial score (nSPS) is 13.1. The van der Waals surface area contributed by atoms with E-state index in [2.05, 4.69) is 14.8 Å². The molecule has 0 bridgehead atoms. The molecule has 1 atom stereocenters. The third-order valence-electron chi connectivity index (χ3n) is 2.28. The molecule has 0 saturated carbocycles. The van der Waals surface area contributed by atoms with Crippen molar-refractivity contribution in [3.8, 4) is 0 Å². The van der Waals surface area contributed by atoms with Crippen molar-refractivity contribution in [2.45, 2.75) is 26.9 Å². The molecule has 0 aliphatic carbocycles. The van der Waals surface area contributed by atoms with E-state index in [9.17, 15) is 9.59 Å². The van der Waals surface area contributed by atoms with Gasteiger partial charge in [-0.2, -0.15) is 0 Å². The number of hydrogen-bond donors (Lipinski definition) is 1. The number of carboxylic acid groups (broad SMARTS) is 1. The topological polar surface area (TPSA) is 98.1 Å². The van der Waals surface area contributed by atoms with Gasteiger partial charge < -0.3 is 14.6 Å². The van der Waals surface area contributed by atoms with Crippen LogP contribution < -0.4 is 0 Å². The highest BCUT2D eigenvalue weighted by Gasteiger charge is 2.26. The van der Waals surface area contributed by atoms with Gasteiger partial charge in [0.1, 0.15) is 5.69 Å². The summed E-state index contributed by atoms with van der Waals surface area (Å²) in [5.74, 6) is -2.43. The van der Waals surface area contributed by atoms with E-state index in [1.807, 2.05) is 0 Å². The highest BCUT2D eigenvalue weighted by molar-refractivity contribution is 7.09. The highest BCUT2D eigenvalue weighted by atomic mass is 32.1. The van der Waals surface area contributed by atoms with Crippen LogP contribution >= 0.6 is 11.3 Å². The fraction of sp³-hybridized carbons (Fsp3) is 0.455. The summed E-state index contributed by atoms with van der Waals surface area (Å²) in [6, 6.07) is 0. The molecule has 0 aliphatic heterocycles. The van der Waals surface area contributed by atoms with Crippen molar-refractivity contribution in [1.29, 1.82) is 0 Å². The van der Waals surface area contributed by atoms with Crippen molar-refractivity contribution < 1.29 is 24.2 Å². The Morgan fingerprint density at radius 1 is 1.50 bits per heavy atom. The van der Waals surface area contributed by atoms with Gasteiger partial charge in [-0.25, -0.2) is 14.6 Å². The van der Waals surface area contributed by atoms with Gasteiger partial charge in [-0.1, -0.05) is 19.0 Å². The van der Waals surface area contributed by atoms with E-state index in [4.69, 9.17) is 18.0 Å². The molecule has 0 spiro atoms. The number of thiazole rings is 1. The van der Waals surface area contributed by atoms with Crippen LogP contribution in [-0.4, -0.2) is 41.9 Å². The summed E-state index contributed by atoms with van der Waals surface area (Å²) in [4.78, 5) is 31.5. The van der Waals surface area contributed by atoms with Crippen LogP contribution in [0.2, 0.25) is 0 Å². The smallest absolute Gasteiger partial charge is 0.378 e. The largest absolute Gasteiger partial charge is 0.541 e. The third kappa shape index (κ3) is 4.05. The molecule has 0 unspecified atom stereocenters. The zero-order valence-electron chi connectivity index (χ0n) is 11.2. The zero-order valence-corrected chi connectivity index (χ0v) is 12.0. The Labute approximate surface area is 121 Å². The number of oxime groups is 1. The van der Waals surface area contributed by atoms with E-state index in [0.29, 0.717) is 5.01 Å². The second-order valence-corrected chi connectivity index (χ2v) is 5.27. The summed E-state index contributed by atoms with van der Waals surface area (Å²) in [6.07, 6.45) is -1.09. The van der Waals surface area contributed by atoms with Gasteiger partial charge in [-0.05, 0) is 6.92 Å². The van der Waals surface area contributed by atoms with Crippen LogP contribution in [0.25, 0.3) is 0 Å². The molecule has 1 rings (SSSR count). The van der Waals surface area contributed by atoms with E-state index in [0.717, 1.165) is 0 Å². The number of aliphatic carboxylic acids is 1. The number of hydrogen-bond acceptors (Lipinski definition) is 7. The van der Waals surface area contributed by atoms with Crippen LogP contribution in [0.15, 0.2) is 10.5 Å². The summed E-state index contributed by atoms with van der Waals surface area (Å²) in [6.45, 7) is 5.10. The number of aromatic nitrogens is 1. The fourth-order valence-electron chi connectivity index (χ4n) is 1.28. The van der Waals surface area contributed by atoms with Crippen LogP contribution in [0.3, 0.4) is 0 Å². The molecule has 0 amide bonds. The SMILES string of the molecule is [B]OC(=O)[C@@H](O/N=C(\C(=O)O)c1csc(C)n1)C(C)C. The number of nitrogens with zero attached hydrogens (tertiary/aromatic N) is 2. The van der Waals surface area contributed by atoms with Crippen molar-refractivity contribution in [1.82, 2.24) is 4.98 Å². The first-order chi connectivity index (χ1) is 9.36. The molecule has 0 aromatic carbocycles. The van der Waals surface area contributed by atoms with Crippen molar-refractivity contribution in [3.05, 3.63) is 16.1 Å². The monoisotopic (exact) mass is 296 g/mol. The molecule has 1 aromatic rings. The van der Waals surface area contributed by atoms with Crippen LogP contribution in [0.1, 0.15) is 24.5 Å². The molecule has 7 nitrogen and oxygen atoms in total. The lowest BCUT2D eigenvalue weighted by molar-refractivity contribution is -0.150. The first kappa shape index (κ1) is 16.2. The van der Waals surface area contributed by atoms with E-state index < -0.39 is 18.0 Å². The molecule has 1 heterocycles. The Bertz CT molecular complexity index is 529. The van der Waals surface area contributed by atoms with E-state index in [1.165, 1.54) is 16.7 Å². The summed E-state index contributed by atoms with van der Waals surface area (Å²) in [5, 5.41) is 14.8. The molecule has 20 heavy (non-hydrogen) atoms. The van der Waals surface area contributed by atoms with Crippen molar-refractivity contribution in [2.75, 3.05) is 0 Å². The number of rotatable bonds is 6. The van der Waals surface area contributed by atoms with Crippen LogP contribution in [-0.2, 0) is 19.1 Å². The summed E-state index contributed by atoms with van der Waals surface area (Å²) in [5.41, 5.74) is -0.214. The van der Waals surface area contributed by atoms with E-state index >= 15 is 0 Å². The molecule has 0 saturated heterocycles. The fourth-order valence-corrected chi connectivity index (χ4v) is 1.88. The molecule has 0 fully saturated rings. The number of carboxylic acids is 1. The quantitative estimate of drug-likeness (QED) is 0.476. The van der Waals surface area contributed by atoms with Gasteiger partial charge in [-0.3, -0.25) is 0 Å². The van der Waals surface area contributed by atoms with Gasteiger partial charge in [0.05, 0.1) is 5.01 Å². The Balaban J connectivity index is 2.97. The highest BCUT2D eigenvalue weighted by Crippen LogP contribution is 2.12. The average molecular weight is 296 g/mol. The van der Waals surface area contributed by atoms with E-state index in [-0.39, 0.29) is 17.3 Å². The van der Waals surface area contributed by atoms with Gasteiger partial charge in [0, 0.05) is 11.3 Å². The van der Waals surface area contributed by atoms with Crippen molar-refractivity contribution >= 4 is 37.0 Å². The molecular formula is C11H13BN2O5S. The first-order valence-electron chi connectivity index (χ1n) is 5.67. The third-order valence-corrected chi connectivity index (χ3v) is 3.05. The summed E-state index contributed by atoms with van der Waals surface area (Å²) < 4.78 is 4.08. The van der Waals surface area contributed by atoms with Crippen molar-refractivity contribution in [3.63, 3.8) is 0 Å². The zero-order chi connectivity index (χ0) is 15.3.